The van der Waals surface area contributed by atoms with Crippen molar-refractivity contribution >= 4 is 28.2 Å². The number of rotatable bonds is 7. The van der Waals surface area contributed by atoms with Gasteiger partial charge >= 0.3 is 0 Å². The summed E-state index contributed by atoms with van der Waals surface area (Å²) in [5, 5.41) is 4.88. The second-order valence-corrected chi connectivity index (χ2v) is 9.09. The Bertz CT molecular complexity index is 1450. The average molecular weight is 502 g/mol. The number of hydrogen-bond donors (Lipinski definition) is 2. The molecule has 1 aliphatic rings. The fourth-order valence-corrected chi connectivity index (χ4v) is 4.55. The molecular formula is C28H27N3O4S. The summed E-state index contributed by atoms with van der Waals surface area (Å²) >= 11 is 5.85. The maximum absolute atomic E-state index is 13.0. The van der Waals surface area contributed by atoms with Gasteiger partial charge in [0.05, 0.1) is 19.7 Å². The zero-order chi connectivity index (χ0) is 25.1. The van der Waals surface area contributed by atoms with Gasteiger partial charge in [-0.3, -0.25) is 4.79 Å². The minimum absolute atomic E-state index is 0.00268. The van der Waals surface area contributed by atoms with Crippen molar-refractivity contribution in [3.8, 4) is 17.2 Å². The maximum atomic E-state index is 13.0. The predicted octanol–water partition coefficient (Wildman–Crippen LogP) is 4.90. The smallest absolute Gasteiger partial charge is 0.253 e. The predicted molar refractivity (Wildman–Crippen MR) is 144 cm³/mol. The Morgan fingerprint density at radius 3 is 2.67 bits per heavy atom. The molecule has 36 heavy (non-hydrogen) atoms. The van der Waals surface area contributed by atoms with Gasteiger partial charge < -0.3 is 29.4 Å². The molecule has 1 atom stereocenters. The first-order chi connectivity index (χ1) is 17.5. The molecule has 3 aromatic carbocycles. The van der Waals surface area contributed by atoms with Crippen LogP contribution in [-0.4, -0.2) is 28.9 Å². The number of nitrogens with one attached hydrogen (secondary N) is 2. The van der Waals surface area contributed by atoms with E-state index in [9.17, 15) is 4.79 Å². The summed E-state index contributed by atoms with van der Waals surface area (Å²) in [6, 6.07) is 23.4. The van der Waals surface area contributed by atoms with Crippen molar-refractivity contribution in [2.24, 2.45) is 0 Å². The first-order valence-electron chi connectivity index (χ1n) is 11.7. The van der Waals surface area contributed by atoms with E-state index in [2.05, 4.69) is 29.4 Å². The lowest BCUT2D eigenvalue weighted by Crippen LogP contribution is -2.41. The van der Waals surface area contributed by atoms with Gasteiger partial charge in [-0.25, -0.2) is 0 Å². The van der Waals surface area contributed by atoms with Gasteiger partial charge in [0.15, 0.2) is 16.6 Å². The number of hydrogen-bond acceptors (Lipinski definition) is 5. The van der Waals surface area contributed by atoms with E-state index >= 15 is 0 Å². The molecule has 2 heterocycles. The molecule has 0 bridgehead atoms. The highest BCUT2D eigenvalue weighted by atomic mass is 32.1. The second kappa shape index (κ2) is 10.3. The number of benzene rings is 3. The van der Waals surface area contributed by atoms with Crippen molar-refractivity contribution in [1.29, 1.82) is 0 Å². The first kappa shape index (κ1) is 23.7. The quantitative estimate of drug-likeness (QED) is 0.349. The Kier molecular flexibility index (Phi) is 6.77. The van der Waals surface area contributed by atoms with Crippen LogP contribution in [0, 0.1) is 0 Å². The van der Waals surface area contributed by atoms with Gasteiger partial charge in [0.2, 0.25) is 6.79 Å². The first-order valence-corrected chi connectivity index (χ1v) is 12.1. The minimum Gasteiger partial charge on any atom is -0.497 e. The van der Waals surface area contributed by atoms with E-state index in [1.165, 1.54) is 0 Å². The van der Waals surface area contributed by atoms with E-state index in [1.807, 2.05) is 65.6 Å². The average Bonchev–Trinajstić information content (AvgIpc) is 3.37. The topological polar surface area (TPSA) is 75.8 Å². The molecule has 4 aromatic rings. The molecule has 0 radical (unpaired) electrons. The highest BCUT2D eigenvalue weighted by Gasteiger charge is 2.19. The van der Waals surface area contributed by atoms with Crippen LogP contribution in [0.2, 0.25) is 0 Å². The highest BCUT2D eigenvalue weighted by molar-refractivity contribution is 7.80. The fourth-order valence-electron chi connectivity index (χ4n) is 4.24. The minimum atomic E-state index is -0.151. The van der Waals surface area contributed by atoms with Crippen LogP contribution in [-0.2, 0) is 13.1 Å². The molecule has 0 amide bonds. The lowest BCUT2D eigenvalue weighted by Gasteiger charge is -2.28. The van der Waals surface area contributed by atoms with Crippen LogP contribution in [0.25, 0.3) is 10.9 Å². The van der Waals surface area contributed by atoms with E-state index in [1.54, 1.807) is 7.11 Å². The lowest BCUT2D eigenvalue weighted by atomic mass is 10.1. The number of pyridine rings is 1. The third-order valence-corrected chi connectivity index (χ3v) is 6.60. The van der Waals surface area contributed by atoms with Crippen LogP contribution >= 0.6 is 12.2 Å². The van der Waals surface area contributed by atoms with Gasteiger partial charge in [-0.2, -0.15) is 0 Å². The van der Waals surface area contributed by atoms with Crippen LogP contribution in [0.15, 0.2) is 77.6 Å². The number of aromatic nitrogens is 1. The molecule has 0 aliphatic carbocycles. The van der Waals surface area contributed by atoms with Crippen molar-refractivity contribution < 1.29 is 14.2 Å². The summed E-state index contributed by atoms with van der Waals surface area (Å²) in [6.45, 7) is 3.09. The molecule has 5 rings (SSSR count). The molecule has 0 fully saturated rings. The Balaban J connectivity index is 1.44. The number of fused-ring (bicyclic) bond motifs is 2. The summed E-state index contributed by atoms with van der Waals surface area (Å²) in [4.78, 5) is 18.0. The second-order valence-electron chi connectivity index (χ2n) is 8.70. The number of aromatic amines is 1. The monoisotopic (exact) mass is 501 g/mol. The molecule has 0 spiro atoms. The Hall–Kier alpha value is -4.04. The SMILES string of the molecule is COc1ccc2[nH]c(=O)c(CN(Cc3ccc4c(c3)OCO4)C(=S)N[C@@H](C)c3ccccc3)cc2c1. The summed E-state index contributed by atoms with van der Waals surface area (Å²) in [5.74, 6) is 2.16. The van der Waals surface area contributed by atoms with Gasteiger partial charge in [-0.15, -0.1) is 0 Å². The van der Waals surface area contributed by atoms with Gasteiger partial charge in [0, 0.05) is 23.0 Å². The van der Waals surface area contributed by atoms with Crippen LogP contribution in [0.5, 0.6) is 17.2 Å². The number of thiocarbonyl (C=S) groups is 1. The molecule has 184 valence electrons. The zero-order valence-corrected chi connectivity index (χ0v) is 20.9. The third kappa shape index (κ3) is 5.13. The lowest BCUT2D eigenvalue weighted by molar-refractivity contribution is 0.174. The van der Waals surface area contributed by atoms with Crippen LogP contribution < -0.4 is 25.1 Å². The molecule has 2 N–H and O–H groups in total. The molecule has 0 saturated carbocycles. The molecule has 0 saturated heterocycles. The largest absolute Gasteiger partial charge is 0.497 e. The van der Waals surface area contributed by atoms with Crippen molar-refractivity contribution in [3.05, 3.63) is 99.8 Å². The summed E-state index contributed by atoms with van der Waals surface area (Å²) in [7, 11) is 1.62. The van der Waals surface area contributed by atoms with Crippen molar-refractivity contribution in [2.45, 2.75) is 26.1 Å². The fraction of sp³-hybridized carbons (Fsp3) is 0.214. The van der Waals surface area contributed by atoms with Gasteiger partial charge in [0.1, 0.15) is 5.75 Å². The van der Waals surface area contributed by atoms with Crippen LogP contribution in [0.3, 0.4) is 0 Å². The molecule has 7 nitrogen and oxygen atoms in total. The molecule has 0 unspecified atom stereocenters. The van der Waals surface area contributed by atoms with E-state index in [0.717, 1.165) is 33.5 Å². The van der Waals surface area contributed by atoms with Gasteiger partial charge in [-0.1, -0.05) is 36.4 Å². The van der Waals surface area contributed by atoms with Crippen molar-refractivity contribution in [3.63, 3.8) is 0 Å². The Labute approximate surface area is 214 Å². The number of nitrogens with zero attached hydrogens (tertiary/aromatic N) is 1. The van der Waals surface area contributed by atoms with E-state index < -0.39 is 0 Å². The molecule has 8 heteroatoms. The number of methoxy groups -OCH3 is 1. The third-order valence-electron chi connectivity index (χ3n) is 6.23. The Morgan fingerprint density at radius 2 is 1.86 bits per heavy atom. The van der Waals surface area contributed by atoms with Gasteiger partial charge in [-0.05, 0) is 66.7 Å². The maximum Gasteiger partial charge on any atom is 0.253 e. The van der Waals surface area contributed by atoms with Crippen molar-refractivity contribution in [1.82, 2.24) is 15.2 Å². The highest BCUT2D eigenvalue weighted by Crippen LogP contribution is 2.33. The molecule has 1 aliphatic heterocycles. The van der Waals surface area contributed by atoms with E-state index in [4.69, 9.17) is 26.4 Å². The summed E-state index contributed by atoms with van der Waals surface area (Å²) in [5.41, 5.74) is 3.33. The standard InChI is InChI=1S/C28H27N3O4S/c1-18(20-6-4-3-5-7-20)29-28(36)31(15-19-8-11-25-26(12-19)35-17-34-25)16-22-13-21-14-23(33-2)9-10-24(21)30-27(22)32/h3-14,18H,15-17H2,1-2H3,(H,29,36)(H,30,32)/t18-/m0/s1. The van der Waals surface area contributed by atoms with E-state index in [0.29, 0.717) is 29.5 Å². The molecular weight excluding hydrogens is 474 g/mol. The summed E-state index contributed by atoms with van der Waals surface area (Å²) in [6.07, 6.45) is 0. The number of H-pyrrole nitrogens is 1. The summed E-state index contributed by atoms with van der Waals surface area (Å²) < 4.78 is 16.4. The van der Waals surface area contributed by atoms with Gasteiger partial charge in [0.25, 0.3) is 5.56 Å². The van der Waals surface area contributed by atoms with E-state index in [-0.39, 0.29) is 18.4 Å². The molecule has 1 aromatic heterocycles. The number of ether oxygens (including phenoxy) is 3. The van der Waals surface area contributed by atoms with Crippen LogP contribution in [0.1, 0.15) is 29.7 Å². The van der Waals surface area contributed by atoms with Crippen molar-refractivity contribution in [2.75, 3.05) is 13.9 Å². The zero-order valence-electron chi connectivity index (χ0n) is 20.1. The normalized spacial score (nSPS) is 12.8. The van der Waals surface area contributed by atoms with Crippen LogP contribution in [0.4, 0.5) is 0 Å². The Morgan fingerprint density at radius 1 is 1.06 bits per heavy atom.